The molecule has 0 heterocycles. The van der Waals surface area contributed by atoms with Gasteiger partial charge < -0.3 is 9.47 Å². The van der Waals surface area contributed by atoms with Crippen LogP contribution in [-0.2, 0) is 0 Å². The number of carbonyl (C=O) groups excluding carboxylic acids is 1. The van der Waals surface area contributed by atoms with Crippen molar-refractivity contribution in [1.29, 1.82) is 5.26 Å². The minimum atomic E-state index is -0.331. The van der Waals surface area contributed by atoms with E-state index in [1.165, 1.54) is 0 Å². The lowest BCUT2D eigenvalue weighted by Crippen LogP contribution is -2.02. The molecule has 2 aromatic rings. The van der Waals surface area contributed by atoms with E-state index in [9.17, 15) is 10.1 Å². The van der Waals surface area contributed by atoms with Crippen LogP contribution < -0.4 is 9.47 Å². The standard InChI is InChI=1S/C18H14BrNO3/c1-22-15-6-4-13(5-7-15)18(21)14(11-20)9-12-3-8-17(23-2)16(19)10-12/h3-10H,1-2H3/b14-9+. The van der Waals surface area contributed by atoms with Crippen molar-refractivity contribution in [2.45, 2.75) is 0 Å². The largest absolute Gasteiger partial charge is 0.497 e. The first kappa shape index (κ1) is 16.8. The molecular weight excluding hydrogens is 358 g/mol. The number of carbonyl (C=O) groups is 1. The minimum absolute atomic E-state index is 0.0623. The maximum atomic E-state index is 12.4. The molecule has 0 spiro atoms. The van der Waals surface area contributed by atoms with Crippen LogP contribution in [0, 0.1) is 11.3 Å². The Morgan fingerprint density at radius 3 is 2.35 bits per heavy atom. The van der Waals surface area contributed by atoms with Crippen molar-refractivity contribution in [2.24, 2.45) is 0 Å². The number of nitrogens with zero attached hydrogens (tertiary/aromatic N) is 1. The van der Waals surface area contributed by atoms with E-state index in [0.29, 0.717) is 17.1 Å². The first-order chi connectivity index (χ1) is 11.1. The van der Waals surface area contributed by atoms with Crippen LogP contribution in [0.25, 0.3) is 6.08 Å². The maximum absolute atomic E-state index is 12.4. The normalized spacial score (nSPS) is 10.8. The highest BCUT2D eigenvalue weighted by Crippen LogP contribution is 2.26. The van der Waals surface area contributed by atoms with Crippen molar-refractivity contribution < 1.29 is 14.3 Å². The van der Waals surface area contributed by atoms with Gasteiger partial charge in [0, 0.05) is 5.56 Å². The van der Waals surface area contributed by atoms with Gasteiger partial charge in [-0.3, -0.25) is 4.79 Å². The van der Waals surface area contributed by atoms with Crippen LogP contribution in [-0.4, -0.2) is 20.0 Å². The molecule has 0 fully saturated rings. The summed E-state index contributed by atoms with van der Waals surface area (Å²) in [5.41, 5.74) is 1.23. The number of allylic oxidation sites excluding steroid dienone is 1. The van der Waals surface area contributed by atoms with Crippen molar-refractivity contribution in [2.75, 3.05) is 14.2 Å². The zero-order valence-electron chi connectivity index (χ0n) is 12.7. The number of ether oxygens (including phenoxy) is 2. The Morgan fingerprint density at radius 1 is 1.13 bits per heavy atom. The number of ketones is 1. The zero-order chi connectivity index (χ0) is 16.8. The van der Waals surface area contributed by atoms with Gasteiger partial charge in [0.15, 0.2) is 0 Å². The zero-order valence-corrected chi connectivity index (χ0v) is 14.3. The fourth-order valence-corrected chi connectivity index (χ4v) is 2.54. The van der Waals surface area contributed by atoms with E-state index in [1.54, 1.807) is 62.8 Å². The first-order valence-electron chi connectivity index (χ1n) is 6.73. The van der Waals surface area contributed by atoms with Crippen LogP contribution in [0.1, 0.15) is 15.9 Å². The molecule has 0 unspecified atom stereocenters. The molecule has 0 atom stereocenters. The highest BCUT2D eigenvalue weighted by Gasteiger charge is 2.12. The quantitative estimate of drug-likeness (QED) is 0.447. The van der Waals surface area contributed by atoms with E-state index in [0.717, 1.165) is 10.0 Å². The molecule has 0 aliphatic heterocycles. The Morgan fingerprint density at radius 2 is 1.83 bits per heavy atom. The molecule has 4 nitrogen and oxygen atoms in total. The lowest BCUT2D eigenvalue weighted by atomic mass is 10.0. The second-order valence-electron chi connectivity index (χ2n) is 4.62. The van der Waals surface area contributed by atoms with Gasteiger partial charge in [0.2, 0.25) is 5.78 Å². The Hall–Kier alpha value is -2.58. The topological polar surface area (TPSA) is 59.3 Å². The van der Waals surface area contributed by atoms with Crippen LogP contribution in [0.3, 0.4) is 0 Å². The number of methoxy groups -OCH3 is 2. The second kappa shape index (κ2) is 7.61. The fourth-order valence-electron chi connectivity index (χ4n) is 1.99. The lowest BCUT2D eigenvalue weighted by molar-refractivity contribution is 0.104. The molecule has 0 aliphatic rings. The summed E-state index contributed by atoms with van der Waals surface area (Å²) in [5, 5.41) is 9.29. The Kier molecular flexibility index (Phi) is 5.56. The molecule has 116 valence electrons. The van der Waals surface area contributed by atoms with Gasteiger partial charge >= 0.3 is 0 Å². The third-order valence-electron chi connectivity index (χ3n) is 3.20. The van der Waals surface area contributed by atoms with E-state index in [4.69, 9.17) is 9.47 Å². The smallest absolute Gasteiger partial charge is 0.203 e. The van der Waals surface area contributed by atoms with Crippen LogP contribution >= 0.6 is 15.9 Å². The SMILES string of the molecule is COc1ccc(C(=O)/C(C#N)=C/c2ccc(OC)c(Br)c2)cc1. The molecule has 5 heteroatoms. The molecule has 0 aromatic heterocycles. The monoisotopic (exact) mass is 371 g/mol. The van der Waals surface area contributed by atoms with Gasteiger partial charge in [-0.25, -0.2) is 0 Å². The first-order valence-corrected chi connectivity index (χ1v) is 7.52. The van der Waals surface area contributed by atoms with E-state index in [1.807, 2.05) is 6.07 Å². The fraction of sp³-hybridized carbons (Fsp3) is 0.111. The number of Topliss-reactive ketones (excluding diaryl/α,β-unsaturated/α-hetero) is 1. The minimum Gasteiger partial charge on any atom is -0.497 e. The summed E-state index contributed by atoms with van der Waals surface area (Å²) >= 11 is 3.38. The summed E-state index contributed by atoms with van der Waals surface area (Å²) in [5.74, 6) is 1.01. The van der Waals surface area contributed by atoms with Crippen molar-refractivity contribution in [1.82, 2.24) is 0 Å². The predicted octanol–water partition coefficient (Wildman–Crippen LogP) is 4.26. The van der Waals surface area contributed by atoms with Crippen LogP contribution in [0.4, 0.5) is 0 Å². The maximum Gasteiger partial charge on any atom is 0.203 e. The van der Waals surface area contributed by atoms with Gasteiger partial charge in [-0.05, 0) is 64.0 Å². The number of hydrogen-bond donors (Lipinski definition) is 0. The van der Waals surface area contributed by atoms with Crippen LogP contribution in [0.2, 0.25) is 0 Å². The van der Waals surface area contributed by atoms with Crippen LogP contribution in [0.15, 0.2) is 52.5 Å². The predicted molar refractivity (Wildman–Crippen MR) is 91.6 cm³/mol. The van der Waals surface area contributed by atoms with Crippen molar-refractivity contribution in [3.05, 3.63) is 63.6 Å². The molecular formula is C18H14BrNO3. The summed E-state index contributed by atoms with van der Waals surface area (Å²) in [7, 11) is 3.13. The van der Waals surface area contributed by atoms with Crippen molar-refractivity contribution >= 4 is 27.8 Å². The summed E-state index contributed by atoms with van der Waals surface area (Å²) < 4.78 is 11.0. The number of halogens is 1. The third kappa shape index (κ3) is 3.99. The molecule has 0 radical (unpaired) electrons. The Balaban J connectivity index is 2.32. The highest BCUT2D eigenvalue weighted by atomic mass is 79.9. The van der Waals surface area contributed by atoms with Gasteiger partial charge in [0.25, 0.3) is 0 Å². The van der Waals surface area contributed by atoms with E-state index in [-0.39, 0.29) is 11.4 Å². The van der Waals surface area contributed by atoms with E-state index >= 15 is 0 Å². The van der Waals surface area contributed by atoms with E-state index in [2.05, 4.69) is 15.9 Å². The summed E-state index contributed by atoms with van der Waals surface area (Å²) in [6.45, 7) is 0. The third-order valence-corrected chi connectivity index (χ3v) is 3.82. The van der Waals surface area contributed by atoms with Gasteiger partial charge in [-0.1, -0.05) is 6.07 Å². The second-order valence-corrected chi connectivity index (χ2v) is 5.48. The molecule has 0 saturated heterocycles. The van der Waals surface area contributed by atoms with Gasteiger partial charge in [-0.15, -0.1) is 0 Å². The molecule has 0 saturated carbocycles. The van der Waals surface area contributed by atoms with Gasteiger partial charge in [0.05, 0.1) is 18.7 Å². The summed E-state index contributed by atoms with van der Waals surface area (Å²) in [6, 6.07) is 13.9. The van der Waals surface area contributed by atoms with Crippen LogP contribution in [0.5, 0.6) is 11.5 Å². The number of nitriles is 1. The van der Waals surface area contributed by atoms with Crippen molar-refractivity contribution in [3.63, 3.8) is 0 Å². The highest BCUT2D eigenvalue weighted by molar-refractivity contribution is 9.10. The average Bonchev–Trinajstić information content (AvgIpc) is 2.59. The molecule has 0 amide bonds. The summed E-state index contributed by atoms with van der Waals surface area (Å²) in [4.78, 5) is 12.4. The lowest BCUT2D eigenvalue weighted by Gasteiger charge is -2.05. The Bertz CT molecular complexity index is 789. The molecule has 2 aromatic carbocycles. The Labute approximate surface area is 143 Å². The average molecular weight is 372 g/mol. The molecule has 23 heavy (non-hydrogen) atoms. The molecule has 0 aliphatic carbocycles. The van der Waals surface area contributed by atoms with Gasteiger partial charge in [0.1, 0.15) is 23.1 Å². The number of rotatable bonds is 5. The molecule has 2 rings (SSSR count). The molecule has 0 N–H and O–H groups in total. The van der Waals surface area contributed by atoms with Crippen molar-refractivity contribution in [3.8, 4) is 17.6 Å². The molecule has 0 bridgehead atoms. The number of benzene rings is 2. The van der Waals surface area contributed by atoms with Gasteiger partial charge in [-0.2, -0.15) is 5.26 Å². The number of hydrogen-bond acceptors (Lipinski definition) is 4. The van der Waals surface area contributed by atoms with E-state index < -0.39 is 0 Å². The summed E-state index contributed by atoms with van der Waals surface area (Å²) in [6.07, 6.45) is 1.55.